The van der Waals surface area contributed by atoms with Crippen molar-refractivity contribution >= 4 is 17.5 Å². The second-order valence-electron chi connectivity index (χ2n) is 7.57. The van der Waals surface area contributed by atoms with Crippen LogP contribution in [0.15, 0.2) is 18.2 Å². The van der Waals surface area contributed by atoms with Gasteiger partial charge in [-0.05, 0) is 54.9 Å². The van der Waals surface area contributed by atoms with Crippen LogP contribution in [0.25, 0.3) is 0 Å². The smallest absolute Gasteiger partial charge is 0.247 e. The zero-order valence-electron chi connectivity index (χ0n) is 16.6. The molecule has 1 aliphatic carbocycles. The van der Waals surface area contributed by atoms with Crippen LogP contribution in [0.3, 0.4) is 0 Å². The van der Waals surface area contributed by atoms with E-state index in [2.05, 4.69) is 29.7 Å². The molecule has 0 aliphatic heterocycles. The van der Waals surface area contributed by atoms with Crippen molar-refractivity contribution in [3.05, 3.63) is 29.3 Å². The van der Waals surface area contributed by atoms with Crippen molar-refractivity contribution in [1.29, 1.82) is 0 Å². The fraction of sp³-hybridized carbons (Fsp3) is 0.636. The molecule has 0 bridgehead atoms. The molecule has 4 heteroatoms. The van der Waals surface area contributed by atoms with Crippen molar-refractivity contribution in [2.45, 2.75) is 84.6 Å². The monoisotopic (exact) mass is 358 g/mol. The molecule has 1 aliphatic rings. The lowest BCUT2D eigenvalue weighted by Crippen LogP contribution is -2.47. The van der Waals surface area contributed by atoms with Gasteiger partial charge in [0.2, 0.25) is 11.8 Å². The highest BCUT2D eigenvalue weighted by Gasteiger charge is 2.26. The van der Waals surface area contributed by atoms with Gasteiger partial charge in [-0.3, -0.25) is 9.59 Å². The average molecular weight is 359 g/mol. The number of nitrogens with one attached hydrogen (secondary N) is 2. The first-order valence-electron chi connectivity index (χ1n) is 10.3. The van der Waals surface area contributed by atoms with E-state index in [1.807, 2.05) is 19.9 Å². The topological polar surface area (TPSA) is 58.2 Å². The second-order valence-corrected chi connectivity index (χ2v) is 7.57. The molecule has 2 amide bonds. The highest BCUT2D eigenvalue weighted by Crippen LogP contribution is 2.25. The van der Waals surface area contributed by atoms with Crippen LogP contribution in [0.1, 0.15) is 76.8 Å². The van der Waals surface area contributed by atoms with Gasteiger partial charge in [-0.15, -0.1) is 0 Å². The number of hydrogen-bond donors (Lipinski definition) is 2. The fourth-order valence-electron chi connectivity index (χ4n) is 3.53. The molecule has 0 fully saturated rings. The lowest BCUT2D eigenvalue weighted by atomic mass is 9.97. The molecule has 0 saturated heterocycles. The molecule has 0 spiro atoms. The summed E-state index contributed by atoms with van der Waals surface area (Å²) in [6, 6.07) is 5.69. The predicted octanol–water partition coefficient (Wildman–Crippen LogP) is 4.62. The van der Waals surface area contributed by atoms with Crippen molar-refractivity contribution in [2.24, 2.45) is 5.92 Å². The lowest BCUT2D eigenvalue weighted by molar-refractivity contribution is -0.127. The van der Waals surface area contributed by atoms with Gasteiger partial charge in [-0.2, -0.15) is 0 Å². The molecule has 2 rings (SSSR count). The number of fused-ring (bicyclic) bond motifs is 1. The first kappa shape index (κ1) is 20.5. The first-order valence-corrected chi connectivity index (χ1v) is 10.3. The summed E-state index contributed by atoms with van der Waals surface area (Å²) < 4.78 is 0. The van der Waals surface area contributed by atoms with Crippen LogP contribution < -0.4 is 10.6 Å². The molecule has 144 valence electrons. The predicted molar refractivity (Wildman–Crippen MR) is 107 cm³/mol. The highest BCUT2D eigenvalue weighted by atomic mass is 16.2. The Balaban J connectivity index is 1.94. The molecule has 0 heterocycles. The molecule has 2 N–H and O–H groups in total. The van der Waals surface area contributed by atoms with E-state index in [4.69, 9.17) is 0 Å². The Morgan fingerprint density at radius 2 is 1.85 bits per heavy atom. The summed E-state index contributed by atoms with van der Waals surface area (Å²) in [5.74, 6) is -0.0290. The summed E-state index contributed by atoms with van der Waals surface area (Å²) in [5, 5.41) is 5.98. The SMILES string of the molecule is CCCCCCC(=O)NC(C(=O)Nc1ccc2c(c1)CCC2)C(C)CC. The second kappa shape index (κ2) is 10.3. The molecule has 26 heavy (non-hydrogen) atoms. The third kappa shape index (κ3) is 5.86. The molecule has 2 unspecified atom stereocenters. The minimum atomic E-state index is -0.480. The number of amides is 2. The van der Waals surface area contributed by atoms with E-state index in [0.717, 1.165) is 50.6 Å². The number of carbonyl (C=O) groups is 2. The quantitative estimate of drug-likeness (QED) is 0.600. The Bertz CT molecular complexity index is 612. The van der Waals surface area contributed by atoms with Crippen LogP contribution >= 0.6 is 0 Å². The van der Waals surface area contributed by atoms with Gasteiger partial charge in [0.15, 0.2) is 0 Å². The van der Waals surface area contributed by atoms with E-state index in [9.17, 15) is 9.59 Å². The number of carbonyl (C=O) groups excluding carboxylic acids is 2. The van der Waals surface area contributed by atoms with Crippen molar-refractivity contribution in [1.82, 2.24) is 5.32 Å². The van der Waals surface area contributed by atoms with Gasteiger partial charge in [0.1, 0.15) is 6.04 Å². The largest absolute Gasteiger partial charge is 0.344 e. The number of unbranched alkanes of at least 4 members (excludes halogenated alkanes) is 3. The Labute approximate surface area is 158 Å². The van der Waals surface area contributed by atoms with Crippen LogP contribution in [0.2, 0.25) is 0 Å². The third-order valence-electron chi connectivity index (χ3n) is 5.44. The minimum absolute atomic E-state index is 0.0180. The van der Waals surface area contributed by atoms with E-state index in [1.165, 1.54) is 17.5 Å². The molecule has 0 saturated carbocycles. The van der Waals surface area contributed by atoms with Crippen LogP contribution in [-0.4, -0.2) is 17.9 Å². The highest BCUT2D eigenvalue weighted by molar-refractivity contribution is 5.97. The van der Waals surface area contributed by atoms with Crippen molar-refractivity contribution in [3.8, 4) is 0 Å². The number of hydrogen-bond acceptors (Lipinski definition) is 2. The number of rotatable bonds is 10. The third-order valence-corrected chi connectivity index (χ3v) is 5.44. The molecule has 1 aromatic carbocycles. The molecule has 1 aromatic rings. The van der Waals surface area contributed by atoms with E-state index < -0.39 is 6.04 Å². The number of anilines is 1. The van der Waals surface area contributed by atoms with Crippen LogP contribution in [-0.2, 0) is 22.4 Å². The summed E-state index contributed by atoms with van der Waals surface area (Å²) in [6.45, 7) is 6.22. The Morgan fingerprint density at radius 3 is 2.58 bits per heavy atom. The van der Waals surface area contributed by atoms with Crippen LogP contribution in [0, 0.1) is 5.92 Å². The Hall–Kier alpha value is -1.84. The van der Waals surface area contributed by atoms with Crippen molar-refractivity contribution in [3.63, 3.8) is 0 Å². The van der Waals surface area contributed by atoms with E-state index in [-0.39, 0.29) is 17.7 Å². The molecule has 2 atom stereocenters. The standard InChI is InChI=1S/C22H34N2O2/c1-4-6-7-8-12-20(25)24-21(16(3)5-2)22(26)23-19-14-13-17-10-9-11-18(17)15-19/h13-16,21H,4-12H2,1-3H3,(H,23,26)(H,24,25). The molecular formula is C22H34N2O2. The zero-order valence-corrected chi connectivity index (χ0v) is 16.6. The first-order chi connectivity index (χ1) is 12.5. The fourth-order valence-corrected chi connectivity index (χ4v) is 3.53. The van der Waals surface area contributed by atoms with Gasteiger partial charge in [0, 0.05) is 12.1 Å². The molecule has 4 nitrogen and oxygen atoms in total. The van der Waals surface area contributed by atoms with Gasteiger partial charge < -0.3 is 10.6 Å². The summed E-state index contributed by atoms with van der Waals surface area (Å²) in [4.78, 5) is 25.1. The van der Waals surface area contributed by atoms with Crippen molar-refractivity contribution < 1.29 is 9.59 Å². The minimum Gasteiger partial charge on any atom is -0.344 e. The molecule has 0 radical (unpaired) electrons. The van der Waals surface area contributed by atoms with Gasteiger partial charge in [0.25, 0.3) is 0 Å². The maximum absolute atomic E-state index is 12.8. The average Bonchev–Trinajstić information content (AvgIpc) is 3.10. The van der Waals surface area contributed by atoms with Crippen molar-refractivity contribution in [2.75, 3.05) is 5.32 Å². The van der Waals surface area contributed by atoms with Gasteiger partial charge in [0.05, 0.1) is 0 Å². The maximum Gasteiger partial charge on any atom is 0.247 e. The van der Waals surface area contributed by atoms with Gasteiger partial charge in [-0.1, -0.05) is 52.5 Å². The van der Waals surface area contributed by atoms with E-state index in [1.54, 1.807) is 0 Å². The summed E-state index contributed by atoms with van der Waals surface area (Å²) >= 11 is 0. The Morgan fingerprint density at radius 1 is 1.08 bits per heavy atom. The maximum atomic E-state index is 12.8. The van der Waals surface area contributed by atoms with Gasteiger partial charge >= 0.3 is 0 Å². The number of aryl methyl sites for hydroxylation is 2. The van der Waals surface area contributed by atoms with Gasteiger partial charge in [-0.25, -0.2) is 0 Å². The molecular weight excluding hydrogens is 324 g/mol. The molecule has 0 aromatic heterocycles. The summed E-state index contributed by atoms with van der Waals surface area (Å²) in [5.41, 5.74) is 3.56. The van der Waals surface area contributed by atoms with E-state index in [0.29, 0.717) is 6.42 Å². The van der Waals surface area contributed by atoms with Crippen LogP contribution in [0.4, 0.5) is 5.69 Å². The zero-order chi connectivity index (χ0) is 18.9. The normalized spacial score (nSPS) is 15.2. The summed E-state index contributed by atoms with van der Waals surface area (Å²) in [7, 11) is 0. The summed E-state index contributed by atoms with van der Waals surface area (Å²) in [6.07, 6.45) is 9.02. The van der Waals surface area contributed by atoms with E-state index >= 15 is 0 Å². The van der Waals surface area contributed by atoms with Crippen LogP contribution in [0.5, 0.6) is 0 Å². The Kier molecular flexibility index (Phi) is 8.14. The number of benzene rings is 1. The lowest BCUT2D eigenvalue weighted by Gasteiger charge is -2.24.